The van der Waals surface area contributed by atoms with Gasteiger partial charge in [-0.3, -0.25) is 9.89 Å². The van der Waals surface area contributed by atoms with Crippen molar-refractivity contribution in [2.24, 2.45) is 0 Å². The van der Waals surface area contributed by atoms with Gasteiger partial charge in [0.1, 0.15) is 17.3 Å². The fourth-order valence-corrected chi connectivity index (χ4v) is 1.37. The molecule has 0 aliphatic rings. The molecule has 2 N–H and O–H groups in total. The maximum atomic E-state index is 11.6. The van der Waals surface area contributed by atoms with Crippen molar-refractivity contribution in [3.63, 3.8) is 0 Å². The van der Waals surface area contributed by atoms with E-state index in [-0.39, 0.29) is 5.91 Å². The van der Waals surface area contributed by atoms with Crippen LogP contribution in [0.3, 0.4) is 0 Å². The number of carbonyl (C=O) groups excluding carboxylic acids is 1. The van der Waals surface area contributed by atoms with Crippen molar-refractivity contribution in [2.45, 2.75) is 6.42 Å². The lowest BCUT2D eigenvalue weighted by Crippen LogP contribution is -2.26. The van der Waals surface area contributed by atoms with Crippen LogP contribution in [0, 0.1) is 0 Å². The molecule has 2 heterocycles. The maximum absolute atomic E-state index is 11.6. The van der Waals surface area contributed by atoms with Crippen LogP contribution in [0.2, 0.25) is 5.15 Å². The number of rotatable bonds is 4. The van der Waals surface area contributed by atoms with Gasteiger partial charge in [-0.05, 0) is 12.1 Å². The topological polar surface area (TPSA) is 83.6 Å². The van der Waals surface area contributed by atoms with E-state index < -0.39 is 0 Å². The quantitative estimate of drug-likeness (QED) is 0.789. The van der Waals surface area contributed by atoms with E-state index in [0.717, 1.165) is 5.82 Å². The van der Waals surface area contributed by atoms with Crippen LogP contribution in [-0.4, -0.2) is 32.6 Å². The Morgan fingerprint density at radius 1 is 1.41 bits per heavy atom. The summed E-state index contributed by atoms with van der Waals surface area (Å²) in [6.07, 6.45) is 3.47. The fraction of sp³-hybridized carbons (Fsp3) is 0.200. The average molecular weight is 252 g/mol. The first-order valence-electron chi connectivity index (χ1n) is 4.99. The smallest absolute Gasteiger partial charge is 0.252 e. The highest BCUT2D eigenvalue weighted by Gasteiger charge is 2.05. The zero-order chi connectivity index (χ0) is 12.1. The maximum Gasteiger partial charge on any atom is 0.252 e. The van der Waals surface area contributed by atoms with Crippen LogP contribution in [0.15, 0.2) is 24.7 Å². The highest BCUT2D eigenvalue weighted by Crippen LogP contribution is 2.04. The van der Waals surface area contributed by atoms with Crippen molar-refractivity contribution in [1.29, 1.82) is 0 Å². The van der Waals surface area contributed by atoms with E-state index in [0.29, 0.717) is 23.7 Å². The molecule has 0 aromatic carbocycles. The number of H-pyrrole nitrogens is 1. The van der Waals surface area contributed by atoms with Gasteiger partial charge in [0, 0.05) is 19.2 Å². The lowest BCUT2D eigenvalue weighted by molar-refractivity contribution is 0.0953. The molecule has 2 aromatic heterocycles. The Hall–Kier alpha value is -1.95. The number of halogens is 1. The third-order valence-electron chi connectivity index (χ3n) is 2.10. The van der Waals surface area contributed by atoms with Crippen LogP contribution in [0.1, 0.15) is 16.2 Å². The van der Waals surface area contributed by atoms with E-state index in [4.69, 9.17) is 11.6 Å². The largest absolute Gasteiger partial charge is 0.352 e. The second kappa shape index (κ2) is 5.40. The van der Waals surface area contributed by atoms with Crippen molar-refractivity contribution in [3.8, 4) is 0 Å². The minimum atomic E-state index is -0.186. The molecule has 0 radical (unpaired) electrons. The summed E-state index contributed by atoms with van der Waals surface area (Å²) < 4.78 is 0. The first kappa shape index (κ1) is 11.5. The highest BCUT2D eigenvalue weighted by molar-refractivity contribution is 6.29. The number of hydrogen-bond acceptors (Lipinski definition) is 4. The molecule has 7 heteroatoms. The first-order chi connectivity index (χ1) is 8.25. The Labute approximate surface area is 102 Å². The van der Waals surface area contributed by atoms with Crippen LogP contribution in [0.4, 0.5) is 0 Å². The number of pyridine rings is 1. The molecule has 6 nitrogen and oxygen atoms in total. The second-order valence-electron chi connectivity index (χ2n) is 3.31. The summed E-state index contributed by atoms with van der Waals surface area (Å²) in [6.45, 7) is 0.483. The summed E-state index contributed by atoms with van der Waals surface area (Å²) in [6, 6.07) is 3.20. The molecule has 0 saturated heterocycles. The lowest BCUT2D eigenvalue weighted by Gasteiger charge is -2.03. The van der Waals surface area contributed by atoms with E-state index in [1.165, 1.54) is 12.5 Å². The molecule has 17 heavy (non-hydrogen) atoms. The number of hydrogen-bond donors (Lipinski definition) is 2. The Balaban J connectivity index is 1.83. The molecule has 88 valence electrons. The summed E-state index contributed by atoms with van der Waals surface area (Å²) in [4.78, 5) is 19.4. The molecular weight excluding hydrogens is 242 g/mol. The van der Waals surface area contributed by atoms with Gasteiger partial charge in [0.25, 0.3) is 5.91 Å². The lowest BCUT2D eigenvalue weighted by atomic mass is 10.2. The van der Waals surface area contributed by atoms with Crippen LogP contribution in [0.25, 0.3) is 0 Å². The van der Waals surface area contributed by atoms with E-state index in [2.05, 4.69) is 25.5 Å². The Morgan fingerprint density at radius 2 is 2.29 bits per heavy atom. The Morgan fingerprint density at radius 3 is 2.94 bits per heavy atom. The number of nitrogens with one attached hydrogen (secondary N) is 2. The Kier molecular flexibility index (Phi) is 3.66. The first-order valence-corrected chi connectivity index (χ1v) is 5.37. The zero-order valence-corrected chi connectivity index (χ0v) is 9.61. The van der Waals surface area contributed by atoms with Gasteiger partial charge in [0.05, 0.1) is 5.56 Å². The summed E-state index contributed by atoms with van der Waals surface area (Å²) >= 11 is 5.63. The molecule has 0 aliphatic heterocycles. The number of aromatic amines is 1. The number of carbonyl (C=O) groups is 1. The predicted octanol–water partition coefficient (Wildman–Crippen LogP) is 0.826. The molecule has 0 saturated carbocycles. The van der Waals surface area contributed by atoms with Gasteiger partial charge >= 0.3 is 0 Å². The van der Waals surface area contributed by atoms with Crippen LogP contribution in [-0.2, 0) is 6.42 Å². The molecule has 1 amide bonds. The summed E-state index contributed by atoms with van der Waals surface area (Å²) in [7, 11) is 0. The SMILES string of the molecule is O=C(NCCc1ncn[nH]1)c1ccc(Cl)nc1. The van der Waals surface area contributed by atoms with Crippen molar-refractivity contribution in [1.82, 2.24) is 25.5 Å². The number of amides is 1. The molecule has 0 fully saturated rings. The third-order valence-corrected chi connectivity index (χ3v) is 2.33. The van der Waals surface area contributed by atoms with Gasteiger partial charge in [-0.2, -0.15) is 5.10 Å². The van der Waals surface area contributed by atoms with Crippen molar-refractivity contribution in [2.75, 3.05) is 6.54 Å². The summed E-state index contributed by atoms with van der Waals surface area (Å²) in [5.74, 6) is 0.549. The zero-order valence-electron chi connectivity index (χ0n) is 8.85. The fourth-order valence-electron chi connectivity index (χ4n) is 1.26. The van der Waals surface area contributed by atoms with E-state index >= 15 is 0 Å². The van der Waals surface area contributed by atoms with Gasteiger partial charge in [0.2, 0.25) is 0 Å². The highest BCUT2D eigenvalue weighted by atomic mass is 35.5. The van der Waals surface area contributed by atoms with Crippen LogP contribution < -0.4 is 5.32 Å². The average Bonchev–Trinajstić information content (AvgIpc) is 2.83. The minimum absolute atomic E-state index is 0.186. The Bertz CT molecular complexity index is 482. The summed E-state index contributed by atoms with van der Waals surface area (Å²) in [5.41, 5.74) is 0.479. The summed E-state index contributed by atoms with van der Waals surface area (Å²) in [5, 5.41) is 9.54. The number of nitrogens with zero attached hydrogens (tertiary/aromatic N) is 3. The van der Waals surface area contributed by atoms with Crippen LogP contribution >= 0.6 is 11.6 Å². The van der Waals surface area contributed by atoms with E-state index in [1.54, 1.807) is 12.1 Å². The molecule has 0 aliphatic carbocycles. The monoisotopic (exact) mass is 251 g/mol. The molecular formula is C10H10ClN5O. The van der Waals surface area contributed by atoms with Crippen LogP contribution in [0.5, 0.6) is 0 Å². The third kappa shape index (κ3) is 3.25. The van der Waals surface area contributed by atoms with Crippen molar-refractivity contribution < 1.29 is 4.79 Å². The molecule has 2 rings (SSSR count). The number of aromatic nitrogens is 4. The van der Waals surface area contributed by atoms with Gasteiger partial charge in [-0.1, -0.05) is 11.6 Å². The van der Waals surface area contributed by atoms with Gasteiger partial charge in [0.15, 0.2) is 0 Å². The van der Waals surface area contributed by atoms with Gasteiger partial charge in [-0.25, -0.2) is 9.97 Å². The molecule has 0 atom stereocenters. The van der Waals surface area contributed by atoms with Gasteiger partial charge in [-0.15, -0.1) is 0 Å². The normalized spacial score (nSPS) is 10.2. The molecule has 0 unspecified atom stereocenters. The predicted molar refractivity (Wildman–Crippen MR) is 61.7 cm³/mol. The van der Waals surface area contributed by atoms with E-state index in [9.17, 15) is 4.79 Å². The molecule has 0 bridgehead atoms. The minimum Gasteiger partial charge on any atom is -0.352 e. The molecule has 2 aromatic rings. The van der Waals surface area contributed by atoms with Crippen molar-refractivity contribution >= 4 is 17.5 Å². The standard InChI is InChI=1S/C10H10ClN5O/c11-8-2-1-7(5-13-8)10(17)12-4-3-9-14-6-15-16-9/h1-2,5-6H,3-4H2,(H,12,17)(H,14,15,16). The second-order valence-corrected chi connectivity index (χ2v) is 3.69. The molecule has 0 spiro atoms. The van der Waals surface area contributed by atoms with Gasteiger partial charge < -0.3 is 5.32 Å². The van der Waals surface area contributed by atoms with E-state index in [1.807, 2.05) is 0 Å². The van der Waals surface area contributed by atoms with Crippen molar-refractivity contribution in [3.05, 3.63) is 41.2 Å².